The van der Waals surface area contributed by atoms with Crippen molar-refractivity contribution in [3.8, 4) is 0 Å². The average molecular weight is 256 g/mol. The van der Waals surface area contributed by atoms with Gasteiger partial charge in [0.2, 0.25) is 5.91 Å². The van der Waals surface area contributed by atoms with Crippen LogP contribution < -0.4 is 11.1 Å². The van der Waals surface area contributed by atoms with Crippen LogP contribution in [0.2, 0.25) is 0 Å². The number of carbonyl (C=O) groups is 1. The average Bonchev–Trinajstić information content (AvgIpc) is 2.23. The van der Waals surface area contributed by atoms with Gasteiger partial charge >= 0.3 is 6.18 Å². The van der Waals surface area contributed by atoms with E-state index in [-0.39, 0.29) is 25.0 Å². The molecular weight excluding hydrogens is 237 g/mol. The Morgan fingerprint density at radius 1 is 1.47 bits per heavy atom. The predicted octanol–water partition coefficient (Wildman–Crippen LogP) is 1.06. The van der Waals surface area contributed by atoms with E-state index in [1.54, 1.807) is 0 Å². The summed E-state index contributed by atoms with van der Waals surface area (Å²) in [6.07, 6.45) is -3.22. The number of hydrogen-bond donors (Lipinski definition) is 2. The molecule has 0 aromatic rings. The Labute approximate surface area is 98.7 Å². The fourth-order valence-corrected chi connectivity index (χ4v) is 1.18. The number of ether oxygens (including phenoxy) is 1. The monoisotopic (exact) mass is 256 g/mol. The Kier molecular flexibility index (Phi) is 7.90. The maximum atomic E-state index is 11.7. The molecule has 0 fully saturated rings. The molecule has 0 saturated carbocycles. The molecule has 0 saturated heterocycles. The van der Waals surface area contributed by atoms with Gasteiger partial charge in [-0.2, -0.15) is 13.2 Å². The van der Waals surface area contributed by atoms with Gasteiger partial charge in [-0.25, -0.2) is 0 Å². The van der Waals surface area contributed by atoms with Crippen molar-refractivity contribution >= 4 is 5.91 Å². The highest BCUT2D eigenvalue weighted by atomic mass is 19.4. The second-order valence-electron chi connectivity index (χ2n) is 3.73. The van der Waals surface area contributed by atoms with E-state index in [9.17, 15) is 18.0 Å². The highest BCUT2D eigenvalue weighted by Crippen LogP contribution is 2.13. The van der Waals surface area contributed by atoms with E-state index in [0.29, 0.717) is 13.0 Å². The summed E-state index contributed by atoms with van der Waals surface area (Å²) in [5.74, 6) is -0.0935. The number of carbonyl (C=O) groups excluding carboxylic acids is 1. The highest BCUT2D eigenvalue weighted by molar-refractivity contribution is 5.76. The molecule has 1 unspecified atom stereocenters. The smallest absolute Gasteiger partial charge is 0.370 e. The van der Waals surface area contributed by atoms with E-state index in [4.69, 9.17) is 5.73 Å². The van der Waals surface area contributed by atoms with Gasteiger partial charge in [-0.05, 0) is 12.5 Å². The standard InChI is InChI=1S/C10H19F3N2O2/c1-2-8(6-14)5-9(16)15-3-4-17-7-10(11,12)13/h8H,2-7,14H2,1H3,(H,15,16). The number of amides is 1. The van der Waals surface area contributed by atoms with E-state index in [1.807, 2.05) is 6.92 Å². The minimum atomic E-state index is -4.32. The molecule has 0 radical (unpaired) electrons. The maximum absolute atomic E-state index is 11.7. The van der Waals surface area contributed by atoms with Gasteiger partial charge in [-0.1, -0.05) is 13.3 Å². The predicted molar refractivity (Wildman–Crippen MR) is 57.3 cm³/mol. The second-order valence-corrected chi connectivity index (χ2v) is 3.73. The third kappa shape index (κ3) is 10.1. The van der Waals surface area contributed by atoms with E-state index in [2.05, 4.69) is 10.1 Å². The summed E-state index contributed by atoms with van der Waals surface area (Å²) in [6.45, 7) is 0.996. The molecule has 1 atom stereocenters. The number of nitrogens with one attached hydrogen (secondary N) is 1. The number of nitrogens with two attached hydrogens (primary N) is 1. The van der Waals surface area contributed by atoms with Crippen LogP contribution in [0.5, 0.6) is 0 Å². The van der Waals surface area contributed by atoms with E-state index in [1.165, 1.54) is 0 Å². The molecule has 0 aliphatic rings. The van der Waals surface area contributed by atoms with E-state index >= 15 is 0 Å². The lowest BCUT2D eigenvalue weighted by Gasteiger charge is -2.12. The molecule has 0 heterocycles. The van der Waals surface area contributed by atoms with Gasteiger partial charge in [0.15, 0.2) is 0 Å². The van der Waals surface area contributed by atoms with E-state index in [0.717, 1.165) is 6.42 Å². The van der Waals surface area contributed by atoms with Gasteiger partial charge in [-0.15, -0.1) is 0 Å². The summed E-state index contributed by atoms with van der Waals surface area (Å²) in [7, 11) is 0. The molecule has 0 bridgehead atoms. The summed E-state index contributed by atoms with van der Waals surface area (Å²) >= 11 is 0. The third-order valence-corrected chi connectivity index (χ3v) is 2.22. The third-order valence-electron chi connectivity index (χ3n) is 2.22. The molecular formula is C10H19F3N2O2. The second kappa shape index (κ2) is 8.30. The Bertz CT molecular complexity index is 218. The Balaban J connectivity index is 3.52. The number of halogens is 3. The topological polar surface area (TPSA) is 64.4 Å². The summed E-state index contributed by atoms with van der Waals surface area (Å²) in [6, 6.07) is 0. The molecule has 0 aromatic heterocycles. The zero-order valence-electron chi connectivity index (χ0n) is 9.85. The van der Waals surface area contributed by atoms with Crippen LogP contribution in [0.25, 0.3) is 0 Å². The zero-order chi connectivity index (χ0) is 13.3. The van der Waals surface area contributed by atoms with Crippen LogP contribution in [0.3, 0.4) is 0 Å². The molecule has 0 aliphatic carbocycles. The molecule has 0 aromatic carbocycles. The van der Waals surface area contributed by atoms with Gasteiger partial charge in [0.1, 0.15) is 6.61 Å². The lowest BCUT2D eigenvalue weighted by atomic mass is 10.0. The van der Waals surface area contributed by atoms with E-state index < -0.39 is 12.8 Å². The van der Waals surface area contributed by atoms with Crippen LogP contribution >= 0.6 is 0 Å². The Morgan fingerprint density at radius 3 is 2.59 bits per heavy atom. The van der Waals surface area contributed by atoms with Crippen molar-refractivity contribution in [1.29, 1.82) is 0 Å². The largest absolute Gasteiger partial charge is 0.411 e. The molecule has 0 spiro atoms. The fourth-order valence-electron chi connectivity index (χ4n) is 1.18. The first-order valence-corrected chi connectivity index (χ1v) is 5.50. The normalized spacial score (nSPS) is 13.5. The summed E-state index contributed by atoms with van der Waals surface area (Å²) in [4.78, 5) is 11.3. The number of hydrogen-bond acceptors (Lipinski definition) is 3. The van der Waals surface area contributed by atoms with Crippen LogP contribution in [0.4, 0.5) is 13.2 Å². The lowest BCUT2D eigenvalue weighted by Crippen LogP contribution is -2.31. The van der Waals surface area contributed by atoms with Crippen LogP contribution in [0, 0.1) is 5.92 Å². The minimum absolute atomic E-state index is 0.0793. The Hall–Kier alpha value is -0.820. The molecule has 0 aliphatic heterocycles. The van der Waals surface area contributed by atoms with Crippen molar-refractivity contribution in [2.24, 2.45) is 11.7 Å². The van der Waals surface area contributed by atoms with Crippen LogP contribution in [-0.2, 0) is 9.53 Å². The quantitative estimate of drug-likeness (QED) is 0.638. The number of alkyl halides is 3. The maximum Gasteiger partial charge on any atom is 0.411 e. The van der Waals surface area contributed by atoms with Gasteiger partial charge < -0.3 is 15.8 Å². The summed E-state index contributed by atoms with van der Waals surface area (Å²) in [5.41, 5.74) is 5.43. The van der Waals surface area contributed by atoms with Crippen molar-refractivity contribution in [3.05, 3.63) is 0 Å². The van der Waals surface area contributed by atoms with Crippen LogP contribution in [-0.4, -0.2) is 38.4 Å². The van der Waals surface area contributed by atoms with Crippen molar-refractivity contribution in [1.82, 2.24) is 5.32 Å². The highest BCUT2D eigenvalue weighted by Gasteiger charge is 2.27. The van der Waals surface area contributed by atoms with Crippen LogP contribution in [0.1, 0.15) is 19.8 Å². The summed E-state index contributed by atoms with van der Waals surface area (Å²) in [5, 5.41) is 2.48. The lowest BCUT2D eigenvalue weighted by molar-refractivity contribution is -0.173. The summed E-state index contributed by atoms with van der Waals surface area (Å²) < 4.78 is 39.4. The van der Waals surface area contributed by atoms with Gasteiger partial charge in [0.25, 0.3) is 0 Å². The van der Waals surface area contributed by atoms with Crippen LogP contribution in [0.15, 0.2) is 0 Å². The number of rotatable bonds is 8. The molecule has 0 rings (SSSR count). The molecule has 102 valence electrons. The van der Waals surface area contributed by atoms with Crippen molar-refractivity contribution < 1.29 is 22.7 Å². The molecule has 7 heteroatoms. The fraction of sp³-hybridized carbons (Fsp3) is 0.900. The molecule has 1 amide bonds. The Morgan fingerprint density at radius 2 is 2.12 bits per heavy atom. The first-order chi connectivity index (χ1) is 7.89. The molecule has 4 nitrogen and oxygen atoms in total. The zero-order valence-corrected chi connectivity index (χ0v) is 9.85. The van der Waals surface area contributed by atoms with Gasteiger partial charge in [0.05, 0.1) is 6.61 Å². The first kappa shape index (κ1) is 16.2. The SMILES string of the molecule is CCC(CN)CC(=O)NCCOCC(F)(F)F. The van der Waals surface area contributed by atoms with Crippen molar-refractivity contribution in [3.63, 3.8) is 0 Å². The first-order valence-electron chi connectivity index (χ1n) is 5.50. The van der Waals surface area contributed by atoms with Gasteiger partial charge in [-0.3, -0.25) is 4.79 Å². The molecule has 3 N–H and O–H groups in total. The molecule has 17 heavy (non-hydrogen) atoms. The minimum Gasteiger partial charge on any atom is -0.370 e. The van der Waals surface area contributed by atoms with Crippen molar-refractivity contribution in [2.45, 2.75) is 25.9 Å². The van der Waals surface area contributed by atoms with Gasteiger partial charge in [0, 0.05) is 13.0 Å². The van der Waals surface area contributed by atoms with Crippen molar-refractivity contribution in [2.75, 3.05) is 26.3 Å².